The van der Waals surface area contributed by atoms with Crippen LogP contribution in [0.3, 0.4) is 0 Å². The topological polar surface area (TPSA) is 89.7 Å². The van der Waals surface area contributed by atoms with Crippen LogP contribution in [0.25, 0.3) is 5.65 Å². The van der Waals surface area contributed by atoms with Gasteiger partial charge in [-0.15, -0.1) is 0 Å². The van der Waals surface area contributed by atoms with E-state index in [1.54, 1.807) is 18.3 Å². The van der Waals surface area contributed by atoms with Gasteiger partial charge in [-0.1, -0.05) is 13.0 Å². The molecule has 20 heavy (non-hydrogen) atoms. The number of likely N-dealkylation sites (tertiary alicyclic amines) is 1. The molecule has 1 fully saturated rings. The Morgan fingerprint density at radius 3 is 2.95 bits per heavy atom. The van der Waals surface area contributed by atoms with Crippen LogP contribution in [-0.4, -0.2) is 38.3 Å². The molecule has 2 aromatic rings. The molecule has 1 saturated heterocycles. The average Bonchev–Trinajstić information content (AvgIpc) is 2.90. The number of aromatic nitrogens is 2. The minimum absolute atomic E-state index is 0.0497. The number of hydrogen-bond donors (Lipinski definition) is 1. The number of fused-ring (bicyclic) bond motifs is 1. The third-order valence-electron chi connectivity index (χ3n) is 3.87. The molecule has 0 bridgehead atoms. The summed E-state index contributed by atoms with van der Waals surface area (Å²) in [5, 5.41) is 11.3. The van der Waals surface area contributed by atoms with Gasteiger partial charge < -0.3 is 15.8 Å². The molecule has 0 amide bonds. The minimum Gasteiger partial charge on any atom is -0.358 e. The van der Waals surface area contributed by atoms with E-state index >= 15 is 0 Å². The highest BCUT2D eigenvalue weighted by atomic mass is 16.6. The summed E-state index contributed by atoms with van der Waals surface area (Å²) in [6.07, 6.45) is 1.67. The molecule has 106 valence electrons. The summed E-state index contributed by atoms with van der Waals surface area (Å²) in [6, 6.07) is 5.49. The van der Waals surface area contributed by atoms with Crippen molar-refractivity contribution < 1.29 is 4.92 Å². The number of nitrogens with two attached hydrogens (primary N) is 1. The van der Waals surface area contributed by atoms with E-state index in [-0.39, 0.29) is 16.8 Å². The molecule has 0 aromatic carbocycles. The van der Waals surface area contributed by atoms with E-state index in [4.69, 9.17) is 5.73 Å². The quantitative estimate of drug-likeness (QED) is 0.667. The van der Waals surface area contributed by atoms with Crippen LogP contribution in [0.4, 0.5) is 5.82 Å². The van der Waals surface area contributed by atoms with Gasteiger partial charge in [-0.3, -0.25) is 4.90 Å². The largest absolute Gasteiger partial charge is 0.358 e. The van der Waals surface area contributed by atoms with E-state index in [1.165, 1.54) is 4.40 Å². The standard InChI is InChI=1S/C13H17N5O2/c1-9-6-16(7-10(9)14)8-11-13(18(19)20)17-5-3-2-4-12(17)15-11/h2-5,9-10H,6-8,14H2,1H3. The van der Waals surface area contributed by atoms with Crippen LogP contribution in [0.1, 0.15) is 12.6 Å². The van der Waals surface area contributed by atoms with Crippen molar-refractivity contribution in [3.63, 3.8) is 0 Å². The van der Waals surface area contributed by atoms with Gasteiger partial charge in [0.2, 0.25) is 5.65 Å². The molecule has 2 unspecified atom stereocenters. The number of nitrogens with zero attached hydrogens (tertiary/aromatic N) is 4. The molecule has 7 heteroatoms. The van der Waals surface area contributed by atoms with Crippen molar-refractivity contribution in [2.24, 2.45) is 11.7 Å². The fraction of sp³-hybridized carbons (Fsp3) is 0.462. The smallest absolute Gasteiger partial charge is 0.352 e. The number of pyridine rings is 1. The molecule has 0 radical (unpaired) electrons. The molecule has 2 atom stereocenters. The monoisotopic (exact) mass is 275 g/mol. The first kappa shape index (κ1) is 13.0. The predicted octanol–water partition coefficient (Wildman–Crippen LogP) is 1.02. The van der Waals surface area contributed by atoms with Crippen LogP contribution in [-0.2, 0) is 6.54 Å². The molecule has 1 aliphatic rings. The van der Waals surface area contributed by atoms with Crippen molar-refractivity contribution in [2.45, 2.75) is 19.5 Å². The van der Waals surface area contributed by atoms with Crippen molar-refractivity contribution in [2.75, 3.05) is 13.1 Å². The van der Waals surface area contributed by atoms with Crippen molar-refractivity contribution >= 4 is 11.5 Å². The summed E-state index contributed by atoms with van der Waals surface area (Å²) in [7, 11) is 0. The SMILES string of the molecule is CC1CN(Cc2nc3ccccn3c2[N+](=O)[O-])CC1N. The van der Waals surface area contributed by atoms with Crippen molar-refractivity contribution in [3.05, 3.63) is 40.2 Å². The first-order valence-corrected chi connectivity index (χ1v) is 6.64. The average molecular weight is 275 g/mol. The molecule has 3 heterocycles. The molecule has 3 rings (SSSR count). The van der Waals surface area contributed by atoms with Crippen molar-refractivity contribution in [1.29, 1.82) is 0 Å². The molecular weight excluding hydrogens is 258 g/mol. The van der Waals surface area contributed by atoms with Crippen molar-refractivity contribution in [3.8, 4) is 0 Å². The fourth-order valence-corrected chi connectivity index (χ4v) is 2.77. The number of hydrogen-bond acceptors (Lipinski definition) is 5. The molecule has 1 aliphatic heterocycles. The second-order valence-electron chi connectivity index (χ2n) is 5.40. The lowest BCUT2D eigenvalue weighted by atomic mass is 10.1. The van der Waals surface area contributed by atoms with Crippen LogP contribution >= 0.6 is 0 Å². The Hall–Kier alpha value is -1.99. The van der Waals surface area contributed by atoms with Gasteiger partial charge in [-0.05, 0) is 16.9 Å². The van der Waals surface area contributed by atoms with Crippen LogP contribution in [0.2, 0.25) is 0 Å². The predicted molar refractivity (Wildman–Crippen MR) is 74.3 cm³/mol. The van der Waals surface area contributed by atoms with E-state index in [2.05, 4.69) is 16.8 Å². The molecular formula is C13H17N5O2. The number of nitro groups is 1. The summed E-state index contributed by atoms with van der Waals surface area (Å²) in [4.78, 5) is 17.4. The third-order valence-corrected chi connectivity index (χ3v) is 3.87. The summed E-state index contributed by atoms with van der Waals surface area (Å²) < 4.78 is 1.52. The first-order chi connectivity index (χ1) is 9.56. The van der Waals surface area contributed by atoms with E-state index < -0.39 is 0 Å². The fourth-order valence-electron chi connectivity index (χ4n) is 2.77. The second kappa shape index (κ2) is 4.84. The lowest BCUT2D eigenvalue weighted by Gasteiger charge is -2.12. The zero-order valence-electron chi connectivity index (χ0n) is 11.3. The minimum atomic E-state index is -0.366. The summed E-state index contributed by atoms with van der Waals surface area (Å²) in [5.41, 5.74) is 7.10. The summed E-state index contributed by atoms with van der Waals surface area (Å²) in [6.45, 7) is 4.18. The summed E-state index contributed by atoms with van der Waals surface area (Å²) in [5.74, 6) is 0.458. The van der Waals surface area contributed by atoms with Gasteiger partial charge in [0, 0.05) is 31.7 Å². The van der Waals surface area contributed by atoms with Gasteiger partial charge in [0.05, 0.1) is 6.20 Å². The molecule has 0 saturated carbocycles. The molecule has 2 N–H and O–H groups in total. The number of imidazole rings is 1. The van der Waals surface area contributed by atoms with E-state index in [0.717, 1.165) is 13.1 Å². The van der Waals surface area contributed by atoms with Crippen LogP contribution in [0.5, 0.6) is 0 Å². The van der Waals surface area contributed by atoms with Gasteiger partial charge in [0.15, 0.2) is 5.69 Å². The first-order valence-electron chi connectivity index (χ1n) is 6.64. The van der Waals surface area contributed by atoms with E-state index in [1.807, 2.05) is 6.07 Å². The van der Waals surface area contributed by atoms with Crippen molar-refractivity contribution in [1.82, 2.24) is 14.3 Å². The Morgan fingerprint density at radius 2 is 2.30 bits per heavy atom. The molecule has 0 aliphatic carbocycles. The third kappa shape index (κ3) is 2.14. The van der Waals surface area contributed by atoms with E-state index in [9.17, 15) is 10.1 Å². The molecule has 2 aromatic heterocycles. The Labute approximate surface area is 116 Å². The van der Waals surface area contributed by atoms with Gasteiger partial charge >= 0.3 is 5.82 Å². The lowest BCUT2D eigenvalue weighted by molar-refractivity contribution is -0.391. The lowest BCUT2D eigenvalue weighted by Crippen LogP contribution is -2.28. The maximum Gasteiger partial charge on any atom is 0.352 e. The summed E-state index contributed by atoms with van der Waals surface area (Å²) >= 11 is 0. The second-order valence-corrected chi connectivity index (χ2v) is 5.40. The zero-order valence-corrected chi connectivity index (χ0v) is 11.3. The van der Waals surface area contributed by atoms with Gasteiger partial charge in [-0.2, -0.15) is 4.40 Å². The Kier molecular flexibility index (Phi) is 3.15. The zero-order chi connectivity index (χ0) is 14.3. The maximum absolute atomic E-state index is 11.3. The Balaban J connectivity index is 1.95. The van der Waals surface area contributed by atoms with E-state index in [0.29, 0.717) is 23.8 Å². The van der Waals surface area contributed by atoms with Crippen LogP contribution in [0, 0.1) is 16.0 Å². The highest BCUT2D eigenvalue weighted by molar-refractivity contribution is 5.48. The Bertz CT molecular complexity index is 643. The van der Waals surface area contributed by atoms with Gasteiger partial charge in [0.25, 0.3) is 0 Å². The molecule has 0 spiro atoms. The highest BCUT2D eigenvalue weighted by Gasteiger charge is 2.30. The van der Waals surface area contributed by atoms with Gasteiger partial charge in [-0.25, -0.2) is 4.98 Å². The van der Waals surface area contributed by atoms with Crippen LogP contribution in [0.15, 0.2) is 24.4 Å². The maximum atomic E-state index is 11.3. The van der Waals surface area contributed by atoms with Gasteiger partial charge in [0.1, 0.15) is 0 Å². The number of rotatable bonds is 3. The normalized spacial score (nSPS) is 23.5. The molecule has 7 nitrogen and oxygen atoms in total. The Morgan fingerprint density at radius 1 is 1.50 bits per heavy atom. The highest BCUT2D eigenvalue weighted by Crippen LogP contribution is 2.24. The van der Waals surface area contributed by atoms with Crippen LogP contribution < -0.4 is 5.73 Å².